The van der Waals surface area contributed by atoms with Crippen molar-refractivity contribution < 1.29 is 13.9 Å². The second-order valence-electron chi connectivity index (χ2n) is 5.96. The van der Waals surface area contributed by atoms with Crippen molar-refractivity contribution >= 4 is 28.5 Å². The van der Waals surface area contributed by atoms with Crippen LogP contribution in [0.4, 0.5) is 10.1 Å². The molecule has 1 amide bonds. The molecule has 138 valence electrons. The summed E-state index contributed by atoms with van der Waals surface area (Å²) in [4.78, 5) is 16.2. The van der Waals surface area contributed by atoms with Gasteiger partial charge >= 0.3 is 0 Å². The van der Waals surface area contributed by atoms with Gasteiger partial charge in [-0.05, 0) is 29.8 Å². The molecule has 0 bridgehead atoms. The van der Waals surface area contributed by atoms with Crippen molar-refractivity contribution in [3.05, 3.63) is 72.3 Å². The number of amides is 1. The van der Waals surface area contributed by atoms with E-state index in [-0.39, 0.29) is 11.7 Å². The van der Waals surface area contributed by atoms with Crippen molar-refractivity contribution in [2.75, 3.05) is 12.0 Å². The molecule has 1 unspecified atom stereocenters. The number of anilines is 1. The minimum absolute atomic E-state index is 0.133. The van der Waals surface area contributed by atoms with Crippen molar-refractivity contribution in [1.29, 1.82) is 0 Å². The molecule has 2 heterocycles. The second-order valence-corrected chi connectivity index (χ2v) is 6.90. The first-order chi connectivity index (χ1) is 13.2. The molecule has 0 saturated heterocycles. The maximum absolute atomic E-state index is 13.0. The first kappa shape index (κ1) is 17.4. The van der Waals surface area contributed by atoms with Crippen LogP contribution < -0.4 is 15.1 Å². The molecule has 2 aromatic carbocycles. The van der Waals surface area contributed by atoms with E-state index >= 15 is 0 Å². The largest absolute Gasteiger partial charge is 0.497 e. The van der Waals surface area contributed by atoms with E-state index in [1.54, 1.807) is 41.3 Å². The minimum Gasteiger partial charge on any atom is -0.497 e. The third-order valence-corrected chi connectivity index (χ3v) is 5.28. The van der Waals surface area contributed by atoms with Gasteiger partial charge in [0, 0.05) is 24.2 Å². The number of thioether (sulfide) groups is 1. The third kappa shape index (κ3) is 3.48. The van der Waals surface area contributed by atoms with Gasteiger partial charge in [-0.3, -0.25) is 20.0 Å². The number of fused-ring (bicyclic) bond motifs is 1. The molecule has 1 atom stereocenters. The number of carbonyl (C=O) groups is 1. The number of rotatable bonds is 4. The highest BCUT2D eigenvalue weighted by molar-refractivity contribution is 8.13. The van der Waals surface area contributed by atoms with Gasteiger partial charge in [-0.2, -0.15) is 5.10 Å². The lowest BCUT2D eigenvalue weighted by molar-refractivity contribution is -0.122. The highest BCUT2D eigenvalue weighted by atomic mass is 32.2. The number of nitrogens with one attached hydrogen (secondary N) is 1. The number of methoxy groups -OCH3 is 1. The van der Waals surface area contributed by atoms with Gasteiger partial charge in [-0.1, -0.05) is 30.0 Å². The molecule has 0 radical (unpaired) electrons. The van der Waals surface area contributed by atoms with Crippen molar-refractivity contribution in [1.82, 2.24) is 10.3 Å². The molecular weight excluding hydrogens is 367 g/mol. The lowest BCUT2D eigenvalue weighted by Gasteiger charge is -2.32. The number of carbonyl (C=O) groups excluding carboxylic acids is 1. The quantitative estimate of drug-likeness (QED) is 0.878. The van der Waals surface area contributed by atoms with Crippen molar-refractivity contribution in [3.63, 3.8) is 0 Å². The number of ether oxygens (including phenoxy) is 1. The number of hydrogen-bond acceptors (Lipinski definition) is 6. The van der Waals surface area contributed by atoms with E-state index in [9.17, 15) is 9.18 Å². The maximum atomic E-state index is 13.0. The van der Waals surface area contributed by atoms with E-state index in [1.807, 2.05) is 24.4 Å². The van der Waals surface area contributed by atoms with Crippen LogP contribution in [0.3, 0.4) is 0 Å². The Balaban J connectivity index is 1.47. The van der Waals surface area contributed by atoms with Gasteiger partial charge < -0.3 is 4.74 Å². The molecule has 0 spiro atoms. The Bertz CT molecular complexity index is 916. The van der Waals surface area contributed by atoms with E-state index in [4.69, 9.17) is 4.74 Å². The van der Waals surface area contributed by atoms with Crippen LogP contribution in [0.1, 0.15) is 5.56 Å². The Kier molecular flexibility index (Phi) is 4.72. The minimum atomic E-state index is -0.586. The SMILES string of the molecule is COc1cccc(N2C=CN3C(SCc4ccc(F)cc4)=NNC3C2=O)c1. The molecule has 2 aromatic rings. The molecule has 27 heavy (non-hydrogen) atoms. The molecule has 0 aliphatic carbocycles. The van der Waals surface area contributed by atoms with Gasteiger partial charge in [0.2, 0.25) is 6.17 Å². The van der Waals surface area contributed by atoms with E-state index in [0.717, 1.165) is 11.3 Å². The molecule has 1 N–H and O–H groups in total. The molecule has 6 nitrogen and oxygen atoms in total. The number of hydrazone groups is 1. The topological polar surface area (TPSA) is 57.2 Å². The van der Waals surface area contributed by atoms with Gasteiger partial charge in [0.15, 0.2) is 5.17 Å². The highest BCUT2D eigenvalue weighted by Gasteiger charge is 2.38. The van der Waals surface area contributed by atoms with Crippen LogP contribution >= 0.6 is 11.8 Å². The number of halogens is 1. The fraction of sp³-hybridized carbons (Fsp3) is 0.158. The first-order valence-corrected chi connectivity index (χ1v) is 9.28. The Morgan fingerprint density at radius 1 is 1.22 bits per heavy atom. The van der Waals surface area contributed by atoms with E-state index in [2.05, 4.69) is 10.5 Å². The van der Waals surface area contributed by atoms with Crippen LogP contribution in [0.2, 0.25) is 0 Å². The monoisotopic (exact) mass is 384 g/mol. The summed E-state index contributed by atoms with van der Waals surface area (Å²) in [5.74, 6) is 0.922. The molecule has 0 aromatic heterocycles. The summed E-state index contributed by atoms with van der Waals surface area (Å²) in [6.07, 6.45) is 2.95. The number of amidine groups is 1. The van der Waals surface area contributed by atoms with Crippen LogP contribution in [0.5, 0.6) is 5.75 Å². The fourth-order valence-corrected chi connectivity index (χ4v) is 3.74. The van der Waals surface area contributed by atoms with Crippen LogP contribution in [0.25, 0.3) is 0 Å². The smallest absolute Gasteiger partial charge is 0.276 e. The number of benzene rings is 2. The van der Waals surface area contributed by atoms with Crippen LogP contribution in [0, 0.1) is 5.82 Å². The second kappa shape index (κ2) is 7.32. The molecule has 2 aliphatic heterocycles. The normalized spacial score (nSPS) is 18.2. The van der Waals surface area contributed by atoms with Crippen molar-refractivity contribution in [2.45, 2.75) is 11.9 Å². The number of hydrogen-bond donors (Lipinski definition) is 1. The van der Waals surface area contributed by atoms with E-state index in [0.29, 0.717) is 16.7 Å². The Labute approximate surface area is 160 Å². The molecule has 8 heteroatoms. The predicted molar refractivity (Wildman–Crippen MR) is 104 cm³/mol. The summed E-state index contributed by atoms with van der Waals surface area (Å²) >= 11 is 1.48. The lowest BCUT2D eigenvalue weighted by atomic mass is 10.2. The van der Waals surface area contributed by atoms with Crippen molar-refractivity contribution in [3.8, 4) is 5.75 Å². The zero-order valence-corrected chi connectivity index (χ0v) is 15.3. The standard InChI is InChI=1S/C19H17FN4O2S/c1-26-16-4-2-3-15(11-16)23-9-10-24-17(18(23)25)21-22-19(24)27-12-13-5-7-14(20)8-6-13/h2-11,17,21H,12H2,1H3. The predicted octanol–water partition coefficient (Wildman–Crippen LogP) is 3.09. The summed E-state index contributed by atoms with van der Waals surface area (Å²) in [7, 11) is 1.59. The Morgan fingerprint density at radius 3 is 2.81 bits per heavy atom. The van der Waals surface area contributed by atoms with Gasteiger partial charge in [0.25, 0.3) is 5.91 Å². The molecule has 0 fully saturated rings. The first-order valence-electron chi connectivity index (χ1n) is 8.30. The van der Waals surface area contributed by atoms with Crippen LogP contribution in [0.15, 0.2) is 66.0 Å². The summed E-state index contributed by atoms with van der Waals surface area (Å²) in [5, 5.41) is 4.98. The zero-order valence-electron chi connectivity index (χ0n) is 14.5. The molecule has 4 rings (SSSR count). The van der Waals surface area contributed by atoms with E-state index in [1.165, 1.54) is 23.9 Å². The third-order valence-electron chi connectivity index (χ3n) is 4.24. The summed E-state index contributed by atoms with van der Waals surface area (Å²) in [6, 6.07) is 13.7. The van der Waals surface area contributed by atoms with Gasteiger partial charge in [0.05, 0.1) is 12.8 Å². The van der Waals surface area contributed by atoms with Crippen molar-refractivity contribution in [2.24, 2.45) is 5.10 Å². The van der Waals surface area contributed by atoms with E-state index < -0.39 is 6.17 Å². The maximum Gasteiger partial charge on any atom is 0.276 e. The summed E-state index contributed by atoms with van der Waals surface area (Å²) in [5.41, 5.74) is 4.60. The summed E-state index contributed by atoms with van der Waals surface area (Å²) in [6.45, 7) is 0. The van der Waals surface area contributed by atoms with Crippen LogP contribution in [-0.2, 0) is 10.5 Å². The highest BCUT2D eigenvalue weighted by Crippen LogP contribution is 2.28. The Hall–Kier alpha value is -3.00. The van der Waals surface area contributed by atoms with Gasteiger partial charge in [-0.15, -0.1) is 0 Å². The average Bonchev–Trinajstić information content (AvgIpc) is 3.12. The molecular formula is C19H17FN4O2S. The fourth-order valence-electron chi connectivity index (χ4n) is 2.82. The Morgan fingerprint density at radius 2 is 2.04 bits per heavy atom. The molecule has 2 aliphatic rings. The van der Waals surface area contributed by atoms with Crippen LogP contribution in [-0.4, -0.2) is 29.3 Å². The lowest BCUT2D eigenvalue weighted by Crippen LogP contribution is -2.52. The summed E-state index contributed by atoms with van der Waals surface area (Å²) < 4.78 is 18.2. The number of nitrogens with zero attached hydrogens (tertiary/aromatic N) is 3. The molecule has 0 saturated carbocycles. The van der Waals surface area contributed by atoms with Gasteiger partial charge in [0.1, 0.15) is 11.6 Å². The van der Waals surface area contributed by atoms with Gasteiger partial charge in [-0.25, -0.2) is 4.39 Å². The average molecular weight is 384 g/mol. The zero-order chi connectivity index (χ0) is 18.8.